The number of rotatable bonds is 5. The largest absolute Gasteiger partial charge is 0.496 e. The zero-order valence-corrected chi connectivity index (χ0v) is 12.5. The lowest BCUT2D eigenvalue weighted by Crippen LogP contribution is -2.09. The number of benzene rings is 2. The first-order chi connectivity index (χ1) is 10.3. The van der Waals surface area contributed by atoms with Gasteiger partial charge in [0.2, 0.25) is 0 Å². The van der Waals surface area contributed by atoms with E-state index in [9.17, 15) is 0 Å². The molecule has 1 heterocycles. The summed E-state index contributed by atoms with van der Waals surface area (Å²) in [5, 5.41) is 4.61. The maximum atomic E-state index is 5.40. The molecule has 0 atom stereocenters. The highest BCUT2D eigenvalue weighted by atomic mass is 16.5. The summed E-state index contributed by atoms with van der Waals surface area (Å²) in [4.78, 5) is 0. The second kappa shape index (κ2) is 5.92. The van der Waals surface area contributed by atoms with E-state index in [1.54, 1.807) is 7.11 Å². The number of anilines is 1. The van der Waals surface area contributed by atoms with E-state index in [-0.39, 0.29) is 0 Å². The average Bonchev–Trinajstić information content (AvgIpc) is 2.92. The predicted octanol–water partition coefficient (Wildman–Crippen LogP) is 4.07. The standard InChI is InChI=1S/C18H20N2O/c1-14-6-8-15(9-7-14)19-11-13-20-12-10-16-17(20)4-3-5-18(16)21-2/h3-10,12,19H,11,13H2,1-2H3. The highest BCUT2D eigenvalue weighted by molar-refractivity contribution is 5.86. The Bertz CT molecular complexity index is 729. The van der Waals surface area contributed by atoms with Gasteiger partial charge in [0, 0.05) is 30.4 Å². The van der Waals surface area contributed by atoms with Crippen LogP contribution in [0.25, 0.3) is 10.9 Å². The molecule has 0 aliphatic carbocycles. The Labute approximate surface area is 125 Å². The average molecular weight is 280 g/mol. The van der Waals surface area contributed by atoms with E-state index < -0.39 is 0 Å². The van der Waals surface area contributed by atoms with E-state index in [0.29, 0.717) is 0 Å². The Balaban J connectivity index is 1.69. The van der Waals surface area contributed by atoms with Gasteiger partial charge in [-0.3, -0.25) is 0 Å². The van der Waals surface area contributed by atoms with Crippen LogP contribution in [-0.4, -0.2) is 18.2 Å². The number of ether oxygens (including phenoxy) is 1. The van der Waals surface area contributed by atoms with Crippen LogP contribution in [0.2, 0.25) is 0 Å². The van der Waals surface area contributed by atoms with Crippen LogP contribution in [0.3, 0.4) is 0 Å². The highest BCUT2D eigenvalue weighted by Gasteiger charge is 2.05. The molecule has 0 bridgehead atoms. The van der Waals surface area contributed by atoms with Crippen LogP contribution in [-0.2, 0) is 6.54 Å². The van der Waals surface area contributed by atoms with Crippen molar-refractivity contribution in [1.82, 2.24) is 4.57 Å². The first-order valence-corrected chi connectivity index (χ1v) is 7.20. The third-order valence-corrected chi connectivity index (χ3v) is 3.73. The fourth-order valence-electron chi connectivity index (χ4n) is 2.56. The second-order valence-electron chi connectivity index (χ2n) is 5.20. The summed E-state index contributed by atoms with van der Waals surface area (Å²) in [7, 11) is 1.71. The van der Waals surface area contributed by atoms with Crippen LogP contribution in [0, 0.1) is 6.92 Å². The third kappa shape index (κ3) is 2.87. The molecule has 0 unspecified atom stereocenters. The third-order valence-electron chi connectivity index (χ3n) is 3.73. The van der Waals surface area contributed by atoms with Crippen molar-refractivity contribution in [3.63, 3.8) is 0 Å². The number of hydrogen-bond acceptors (Lipinski definition) is 2. The van der Waals surface area contributed by atoms with Crippen molar-refractivity contribution in [2.24, 2.45) is 0 Å². The van der Waals surface area contributed by atoms with Crippen LogP contribution >= 0.6 is 0 Å². The lowest BCUT2D eigenvalue weighted by Gasteiger charge is -2.09. The van der Waals surface area contributed by atoms with Gasteiger partial charge < -0.3 is 14.6 Å². The van der Waals surface area contributed by atoms with Crippen LogP contribution < -0.4 is 10.1 Å². The fourth-order valence-corrected chi connectivity index (χ4v) is 2.56. The van der Waals surface area contributed by atoms with Gasteiger partial charge in [0.25, 0.3) is 0 Å². The minimum absolute atomic E-state index is 0.893. The summed E-state index contributed by atoms with van der Waals surface area (Å²) in [6.07, 6.45) is 2.12. The van der Waals surface area contributed by atoms with Gasteiger partial charge in [0.15, 0.2) is 0 Å². The highest BCUT2D eigenvalue weighted by Crippen LogP contribution is 2.26. The molecular formula is C18H20N2O. The molecular weight excluding hydrogens is 260 g/mol. The topological polar surface area (TPSA) is 26.2 Å². The summed E-state index contributed by atoms with van der Waals surface area (Å²) in [6.45, 7) is 3.91. The first kappa shape index (κ1) is 13.6. The van der Waals surface area contributed by atoms with Gasteiger partial charge in [-0.05, 0) is 37.3 Å². The van der Waals surface area contributed by atoms with Crippen LogP contribution in [0.4, 0.5) is 5.69 Å². The Morgan fingerprint density at radius 1 is 1.05 bits per heavy atom. The monoisotopic (exact) mass is 280 g/mol. The van der Waals surface area contributed by atoms with Crippen molar-refractivity contribution < 1.29 is 4.74 Å². The van der Waals surface area contributed by atoms with E-state index in [1.807, 2.05) is 12.1 Å². The fraction of sp³-hybridized carbons (Fsp3) is 0.222. The van der Waals surface area contributed by atoms with Gasteiger partial charge in [-0.2, -0.15) is 0 Å². The second-order valence-corrected chi connectivity index (χ2v) is 5.20. The molecule has 1 N–H and O–H groups in total. The molecule has 0 aliphatic rings. The number of nitrogens with zero attached hydrogens (tertiary/aromatic N) is 1. The molecule has 0 saturated carbocycles. The Kier molecular flexibility index (Phi) is 3.82. The lowest BCUT2D eigenvalue weighted by atomic mass is 10.2. The molecule has 0 amide bonds. The lowest BCUT2D eigenvalue weighted by molar-refractivity contribution is 0.420. The Morgan fingerprint density at radius 2 is 1.86 bits per heavy atom. The summed E-state index contributed by atoms with van der Waals surface area (Å²) in [6, 6.07) is 16.8. The molecule has 0 radical (unpaired) electrons. The molecule has 3 rings (SSSR count). The first-order valence-electron chi connectivity index (χ1n) is 7.20. The molecule has 108 valence electrons. The normalized spacial score (nSPS) is 10.8. The Hall–Kier alpha value is -2.42. The minimum Gasteiger partial charge on any atom is -0.496 e. The summed E-state index contributed by atoms with van der Waals surface area (Å²) in [5.74, 6) is 0.928. The predicted molar refractivity (Wildman–Crippen MR) is 88.2 cm³/mol. The van der Waals surface area contributed by atoms with Gasteiger partial charge in [0.1, 0.15) is 5.75 Å². The molecule has 1 aromatic heterocycles. The van der Waals surface area contributed by atoms with Gasteiger partial charge in [-0.15, -0.1) is 0 Å². The number of methoxy groups -OCH3 is 1. The SMILES string of the molecule is COc1cccc2c1ccn2CCNc1ccc(C)cc1. The smallest absolute Gasteiger partial charge is 0.128 e. The van der Waals surface area contributed by atoms with E-state index in [2.05, 4.69) is 59.4 Å². The van der Waals surface area contributed by atoms with Gasteiger partial charge in [-0.1, -0.05) is 23.8 Å². The molecule has 0 aliphatic heterocycles. The maximum absolute atomic E-state index is 5.40. The number of fused-ring (bicyclic) bond motifs is 1. The summed E-state index contributed by atoms with van der Waals surface area (Å²) >= 11 is 0. The van der Waals surface area contributed by atoms with Crippen LogP contribution in [0.15, 0.2) is 54.7 Å². The number of nitrogens with one attached hydrogen (secondary N) is 1. The van der Waals surface area contributed by atoms with Crippen molar-refractivity contribution in [2.45, 2.75) is 13.5 Å². The minimum atomic E-state index is 0.893. The van der Waals surface area contributed by atoms with Crippen molar-refractivity contribution in [1.29, 1.82) is 0 Å². The number of aromatic nitrogens is 1. The van der Waals surface area contributed by atoms with Crippen molar-refractivity contribution >= 4 is 16.6 Å². The summed E-state index contributed by atoms with van der Waals surface area (Å²) in [5.41, 5.74) is 3.65. The van der Waals surface area contributed by atoms with E-state index in [4.69, 9.17) is 4.74 Å². The summed E-state index contributed by atoms with van der Waals surface area (Å²) < 4.78 is 7.65. The van der Waals surface area contributed by atoms with Crippen molar-refractivity contribution in [3.8, 4) is 5.75 Å². The van der Waals surface area contributed by atoms with Gasteiger partial charge in [-0.25, -0.2) is 0 Å². The number of hydrogen-bond donors (Lipinski definition) is 1. The molecule has 3 heteroatoms. The maximum Gasteiger partial charge on any atom is 0.128 e. The molecule has 0 saturated heterocycles. The van der Waals surface area contributed by atoms with Gasteiger partial charge in [0.05, 0.1) is 12.6 Å². The van der Waals surface area contributed by atoms with E-state index in [1.165, 1.54) is 11.1 Å². The zero-order chi connectivity index (χ0) is 14.7. The molecule has 0 fully saturated rings. The molecule has 2 aromatic carbocycles. The Morgan fingerprint density at radius 3 is 2.62 bits per heavy atom. The van der Waals surface area contributed by atoms with Crippen molar-refractivity contribution in [3.05, 3.63) is 60.3 Å². The molecule has 21 heavy (non-hydrogen) atoms. The van der Waals surface area contributed by atoms with Crippen LogP contribution in [0.5, 0.6) is 5.75 Å². The van der Waals surface area contributed by atoms with E-state index in [0.717, 1.165) is 29.9 Å². The van der Waals surface area contributed by atoms with Gasteiger partial charge >= 0.3 is 0 Å². The van der Waals surface area contributed by atoms with Crippen molar-refractivity contribution in [2.75, 3.05) is 19.0 Å². The molecule has 0 spiro atoms. The van der Waals surface area contributed by atoms with E-state index >= 15 is 0 Å². The molecule has 3 nitrogen and oxygen atoms in total. The number of aryl methyl sites for hydroxylation is 1. The van der Waals surface area contributed by atoms with Crippen LogP contribution in [0.1, 0.15) is 5.56 Å². The molecule has 3 aromatic rings. The zero-order valence-electron chi connectivity index (χ0n) is 12.5. The quantitative estimate of drug-likeness (QED) is 0.762.